The van der Waals surface area contributed by atoms with Crippen LogP contribution in [0.1, 0.15) is 12.0 Å². The minimum atomic E-state index is -0.120. The van der Waals surface area contributed by atoms with Crippen LogP contribution in [0.15, 0.2) is 30.3 Å². The zero-order valence-corrected chi connectivity index (χ0v) is 12.3. The van der Waals surface area contributed by atoms with E-state index in [2.05, 4.69) is 0 Å². The summed E-state index contributed by atoms with van der Waals surface area (Å²) in [6, 6.07) is 7.23. The minimum absolute atomic E-state index is 0.0481. The van der Waals surface area contributed by atoms with Crippen molar-refractivity contribution < 1.29 is 14.6 Å². The average Bonchev–Trinajstić information content (AvgIpc) is 2.45. The topological polar surface area (TPSA) is 49.8 Å². The molecule has 1 amide bonds. The van der Waals surface area contributed by atoms with Crippen LogP contribution >= 0.6 is 11.6 Å². The number of hydrogen-bond donors (Lipinski definition) is 1. The second-order valence-corrected chi connectivity index (χ2v) is 4.72. The van der Waals surface area contributed by atoms with Crippen LogP contribution < -0.4 is 0 Å². The Balaban J connectivity index is 2.57. The molecule has 0 aliphatic rings. The lowest BCUT2D eigenvalue weighted by molar-refractivity contribution is -0.126. The fourth-order valence-electron chi connectivity index (χ4n) is 1.70. The van der Waals surface area contributed by atoms with E-state index in [0.717, 1.165) is 12.0 Å². The molecular weight excluding hydrogens is 278 g/mol. The van der Waals surface area contributed by atoms with E-state index in [1.807, 2.05) is 12.1 Å². The summed E-state index contributed by atoms with van der Waals surface area (Å²) in [6.07, 6.45) is 3.99. The van der Waals surface area contributed by atoms with Crippen molar-refractivity contribution >= 4 is 23.6 Å². The lowest BCUT2D eigenvalue weighted by Crippen LogP contribution is -2.33. The highest BCUT2D eigenvalue weighted by Gasteiger charge is 2.09. The lowest BCUT2D eigenvalue weighted by atomic mass is 10.2. The molecule has 0 bridgehead atoms. The van der Waals surface area contributed by atoms with Gasteiger partial charge in [0.2, 0.25) is 5.91 Å². The van der Waals surface area contributed by atoms with Crippen LogP contribution in [0.25, 0.3) is 6.08 Å². The van der Waals surface area contributed by atoms with Crippen LogP contribution in [0.2, 0.25) is 5.02 Å². The molecule has 1 aromatic carbocycles. The molecule has 0 aliphatic carbocycles. The maximum absolute atomic E-state index is 12.0. The molecule has 0 fully saturated rings. The van der Waals surface area contributed by atoms with Crippen molar-refractivity contribution in [2.24, 2.45) is 0 Å². The summed E-state index contributed by atoms with van der Waals surface area (Å²) in [4.78, 5) is 13.6. The van der Waals surface area contributed by atoms with Crippen molar-refractivity contribution in [2.75, 3.05) is 33.4 Å². The number of carbonyl (C=O) groups excluding carboxylic acids is 1. The first-order valence-corrected chi connectivity index (χ1v) is 6.87. The Kier molecular flexibility index (Phi) is 7.95. The number of aliphatic hydroxyl groups excluding tert-OH is 1. The number of halogens is 1. The van der Waals surface area contributed by atoms with Crippen LogP contribution in [0.3, 0.4) is 0 Å². The van der Waals surface area contributed by atoms with Crippen molar-refractivity contribution in [1.29, 1.82) is 0 Å². The highest BCUT2D eigenvalue weighted by Crippen LogP contribution is 2.10. The summed E-state index contributed by atoms with van der Waals surface area (Å²) in [5.74, 6) is -0.120. The highest BCUT2D eigenvalue weighted by atomic mass is 35.5. The van der Waals surface area contributed by atoms with Gasteiger partial charge < -0.3 is 14.7 Å². The third kappa shape index (κ3) is 6.19. The number of benzene rings is 1. The standard InChI is InChI=1S/C15H20ClNO3/c1-20-12-2-9-17(10-11-18)15(19)8-5-13-3-6-14(16)7-4-13/h3-8,18H,2,9-12H2,1H3/b8-5+. The molecule has 0 heterocycles. The first-order valence-electron chi connectivity index (χ1n) is 6.49. The molecule has 0 saturated carbocycles. The quantitative estimate of drug-likeness (QED) is 0.591. The van der Waals surface area contributed by atoms with E-state index in [1.54, 1.807) is 30.2 Å². The summed E-state index contributed by atoms with van der Waals surface area (Å²) in [5.41, 5.74) is 0.906. The monoisotopic (exact) mass is 297 g/mol. The third-order valence-electron chi connectivity index (χ3n) is 2.75. The first-order chi connectivity index (χ1) is 9.67. The van der Waals surface area contributed by atoms with E-state index in [4.69, 9.17) is 21.4 Å². The molecule has 1 aromatic rings. The summed E-state index contributed by atoms with van der Waals surface area (Å²) in [5, 5.41) is 9.66. The van der Waals surface area contributed by atoms with Gasteiger partial charge in [-0.25, -0.2) is 0 Å². The second-order valence-electron chi connectivity index (χ2n) is 4.28. The Morgan fingerprint density at radius 2 is 2.05 bits per heavy atom. The molecule has 20 heavy (non-hydrogen) atoms. The Morgan fingerprint density at radius 3 is 2.65 bits per heavy atom. The molecule has 0 radical (unpaired) electrons. The molecule has 110 valence electrons. The van der Waals surface area contributed by atoms with Gasteiger partial charge >= 0.3 is 0 Å². The number of rotatable bonds is 8. The minimum Gasteiger partial charge on any atom is -0.395 e. The summed E-state index contributed by atoms with van der Waals surface area (Å²) in [6.45, 7) is 1.44. The molecular formula is C15H20ClNO3. The summed E-state index contributed by atoms with van der Waals surface area (Å²) >= 11 is 5.80. The Bertz CT molecular complexity index is 431. The summed E-state index contributed by atoms with van der Waals surface area (Å²) < 4.78 is 4.96. The molecule has 0 aliphatic heterocycles. The van der Waals surface area contributed by atoms with Gasteiger partial charge in [-0.05, 0) is 30.2 Å². The lowest BCUT2D eigenvalue weighted by Gasteiger charge is -2.19. The maximum Gasteiger partial charge on any atom is 0.246 e. The van der Waals surface area contributed by atoms with Gasteiger partial charge in [0.15, 0.2) is 0 Å². The van der Waals surface area contributed by atoms with Gasteiger partial charge in [-0.2, -0.15) is 0 Å². The van der Waals surface area contributed by atoms with E-state index >= 15 is 0 Å². The van der Waals surface area contributed by atoms with Crippen molar-refractivity contribution in [3.05, 3.63) is 40.9 Å². The number of ether oxygens (including phenoxy) is 1. The molecule has 0 unspecified atom stereocenters. The number of methoxy groups -OCH3 is 1. The highest BCUT2D eigenvalue weighted by molar-refractivity contribution is 6.30. The van der Waals surface area contributed by atoms with Crippen LogP contribution in [-0.4, -0.2) is 49.3 Å². The fourth-order valence-corrected chi connectivity index (χ4v) is 1.83. The van der Waals surface area contributed by atoms with Crippen LogP contribution in [0.5, 0.6) is 0 Å². The summed E-state index contributed by atoms with van der Waals surface area (Å²) in [7, 11) is 1.62. The Morgan fingerprint density at radius 1 is 1.35 bits per heavy atom. The second kappa shape index (κ2) is 9.53. The van der Waals surface area contributed by atoms with E-state index in [9.17, 15) is 4.79 Å². The van der Waals surface area contributed by atoms with Gasteiger partial charge in [-0.1, -0.05) is 23.7 Å². The number of carbonyl (C=O) groups is 1. The smallest absolute Gasteiger partial charge is 0.246 e. The number of aliphatic hydroxyl groups is 1. The normalized spacial score (nSPS) is 10.9. The van der Waals surface area contributed by atoms with Crippen molar-refractivity contribution in [1.82, 2.24) is 4.90 Å². The predicted molar refractivity (Wildman–Crippen MR) is 80.6 cm³/mol. The van der Waals surface area contributed by atoms with Crippen LogP contribution in [0, 0.1) is 0 Å². The van der Waals surface area contributed by atoms with Crippen molar-refractivity contribution in [2.45, 2.75) is 6.42 Å². The van der Waals surface area contributed by atoms with Gasteiger partial charge in [0.1, 0.15) is 0 Å². The number of amides is 1. The molecule has 0 aromatic heterocycles. The van der Waals surface area contributed by atoms with Gasteiger partial charge in [0, 0.05) is 37.9 Å². The molecule has 4 nitrogen and oxygen atoms in total. The number of nitrogens with zero attached hydrogens (tertiary/aromatic N) is 1. The molecule has 0 atom stereocenters. The van der Waals surface area contributed by atoms with E-state index in [-0.39, 0.29) is 12.5 Å². The largest absolute Gasteiger partial charge is 0.395 e. The zero-order valence-electron chi connectivity index (χ0n) is 11.6. The maximum atomic E-state index is 12.0. The third-order valence-corrected chi connectivity index (χ3v) is 3.00. The molecule has 1 rings (SSSR count). The van der Waals surface area contributed by atoms with E-state index in [1.165, 1.54) is 6.08 Å². The van der Waals surface area contributed by atoms with Crippen LogP contribution in [0.4, 0.5) is 0 Å². The Labute approximate surface area is 124 Å². The SMILES string of the molecule is COCCCN(CCO)C(=O)/C=C/c1ccc(Cl)cc1. The number of hydrogen-bond acceptors (Lipinski definition) is 3. The van der Waals surface area contributed by atoms with Gasteiger partial charge in [-0.3, -0.25) is 4.79 Å². The molecule has 1 N–H and O–H groups in total. The van der Waals surface area contributed by atoms with Crippen molar-refractivity contribution in [3.8, 4) is 0 Å². The van der Waals surface area contributed by atoms with Gasteiger partial charge in [-0.15, -0.1) is 0 Å². The molecule has 0 saturated heterocycles. The average molecular weight is 298 g/mol. The van der Waals surface area contributed by atoms with Crippen LogP contribution in [-0.2, 0) is 9.53 Å². The fraction of sp³-hybridized carbons (Fsp3) is 0.400. The zero-order chi connectivity index (χ0) is 14.8. The molecule has 5 heteroatoms. The van der Waals surface area contributed by atoms with E-state index in [0.29, 0.717) is 24.7 Å². The van der Waals surface area contributed by atoms with Gasteiger partial charge in [0.25, 0.3) is 0 Å². The first kappa shape index (κ1) is 16.7. The van der Waals surface area contributed by atoms with Crippen molar-refractivity contribution in [3.63, 3.8) is 0 Å². The predicted octanol–water partition coefficient (Wildman–Crippen LogP) is 2.21. The van der Waals surface area contributed by atoms with E-state index < -0.39 is 0 Å². The Hall–Kier alpha value is -1.36. The molecule has 0 spiro atoms. The van der Waals surface area contributed by atoms with Gasteiger partial charge in [0.05, 0.1) is 6.61 Å².